The average Bonchev–Trinajstić information content (AvgIpc) is 2.30. The second-order valence-corrected chi connectivity index (χ2v) is 2.48. The minimum Gasteiger partial charge on any atom is -1.00 e. The minimum atomic E-state index is -1.50. The molecule has 82 valence electrons. The van der Waals surface area contributed by atoms with E-state index in [-0.39, 0.29) is 98.3 Å². The van der Waals surface area contributed by atoms with Crippen molar-refractivity contribution < 1.29 is 53.8 Å². The summed E-state index contributed by atoms with van der Waals surface area (Å²) < 4.78 is 0. The summed E-state index contributed by atoms with van der Waals surface area (Å²) in [6, 6.07) is 0. The molecule has 2 amide bonds. The Balaban J connectivity index is -0.000000180. The largest absolute Gasteiger partial charge is 2.00 e. The van der Waals surface area contributed by atoms with Gasteiger partial charge in [-0.05, 0) is 12.2 Å². The van der Waals surface area contributed by atoms with E-state index in [0.29, 0.717) is 9.80 Å². The molecular weight excluding hydrogens is 393 g/mol. The molecule has 0 unspecified atom stereocenters. The van der Waals surface area contributed by atoms with Crippen LogP contribution in [0.3, 0.4) is 0 Å². The van der Waals surface area contributed by atoms with Crippen LogP contribution < -0.4 is 44.2 Å². The molecule has 0 saturated carbocycles. The zero-order chi connectivity index (χ0) is 9.30. The number of rotatable bonds is 0. The van der Waals surface area contributed by atoms with Gasteiger partial charge in [-0.2, -0.15) is 0 Å². The molecule has 0 aliphatic carbocycles. The van der Waals surface area contributed by atoms with Gasteiger partial charge in [0.05, 0.1) is 0 Å². The van der Waals surface area contributed by atoms with Crippen LogP contribution in [0.4, 0.5) is 9.59 Å². The first-order chi connectivity index (χ1) is 5.54. The number of amides is 2. The predicted molar refractivity (Wildman–Crippen MR) is 48.3 cm³/mol. The summed E-state index contributed by atoms with van der Waals surface area (Å²) in [4.78, 5) is 21.9. The van der Waals surface area contributed by atoms with Gasteiger partial charge in [-0.1, -0.05) is 0 Å². The van der Waals surface area contributed by atoms with Crippen molar-refractivity contribution in [1.82, 2.24) is 9.80 Å². The van der Waals surface area contributed by atoms with Crippen LogP contribution in [0.5, 0.6) is 0 Å². The summed E-state index contributed by atoms with van der Waals surface area (Å²) in [6.07, 6.45) is -2.99. The van der Waals surface area contributed by atoms with Gasteiger partial charge < -0.3 is 63.6 Å². The molecule has 0 radical (unpaired) electrons. The zero-order valence-corrected chi connectivity index (χ0v) is 14.8. The van der Waals surface area contributed by atoms with E-state index in [1.165, 1.54) is 0 Å². The maximum absolute atomic E-state index is 10.3. The molecule has 0 spiro atoms. The van der Waals surface area contributed by atoms with Crippen LogP contribution in [0.1, 0.15) is 0 Å². The summed E-state index contributed by atoms with van der Waals surface area (Å²) in [5.74, 6) is 0. The monoisotopic (exact) mass is 394 g/mol. The van der Waals surface area contributed by atoms with E-state index in [2.05, 4.69) is 12.2 Å². The Labute approximate surface area is 151 Å². The number of hydrogen-bond acceptors (Lipinski definition) is 5. The topological polar surface area (TPSA) is 86.7 Å². The summed E-state index contributed by atoms with van der Waals surface area (Å²) in [5, 5.41) is 20.2. The molecule has 1 saturated heterocycles. The molecule has 0 aromatic heterocycles. The molecule has 1 aliphatic rings. The number of nitrogens with zero attached hydrogens (tertiary/aromatic N) is 2. The van der Waals surface area contributed by atoms with Gasteiger partial charge >= 0.3 is 46.1 Å². The number of carbonyl (C=O) groups excluding carboxylic acids is 2. The first-order valence-corrected chi connectivity index (χ1v) is 3.46. The molecule has 0 atom stereocenters. The second kappa shape index (κ2) is 11.2. The molecule has 1 fully saturated rings. The fourth-order valence-corrected chi connectivity index (χ4v) is 1.21. The summed E-state index contributed by atoms with van der Waals surface area (Å²) >= 11 is 4.52. The standard InChI is InChI=1S/C5H6N2O4S.2BrH.2Mg/c8-4(9)6-1-2-7(3(6)12)5(10)11;;;;/h1-2H2,(H,8,9)(H,10,11);2*1H;;/q;;;2*+2/p-4. The van der Waals surface area contributed by atoms with Crippen molar-refractivity contribution in [3.05, 3.63) is 0 Å². The van der Waals surface area contributed by atoms with Crippen LogP contribution in [-0.2, 0) is 0 Å². The van der Waals surface area contributed by atoms with Crippen LogP contribution in [0.25, 0.3) is 0 Å². The molecule has 0 N–H and O–H groups in total. The molecule has 11 heteroatoms. The van der Waals surface area contributed by atoms with Crippen molar-refractivity contribution in [2.24, 2.45) is 0 Å². The smallest absolute Gasteiger partial charge is 1.00 e. The molecule has 16 heavy (non-hydrogen) atoms. The Bertz CT molecular complexity index is 247. The number of carbonyl (C=O) groups is 2. The molecule has 0 aromatic rings. The van der Waals surface area contributed by atoms with Crippen molar-refractivity contribution >= 4 is 75.6 Å². The van der Waals surface area contributed by atoms with Crippen LogP contribution in [0.15, 0.2) is 0 Å². The maximum atomic E-state index is 10.3. The van der Waals surface area contributed by atoms with Crippen LogP contribution in [-0.4, -0.2) is 86.3 Å². The van der Waals surface area contributed by atoms with Crippen LogP contribution >= 0.6 is 12.2 Å². The fourth-order valence-electron chi connectivity index (χ4n) is 0.876. The van der Waals surface area contributed by atoms with E-state index >= 15 is 0 Å². The third-order valence-corrected chi connectivity index (χ3v) is 1.89. The molecular formula is C5H4Br2Mg2N2O4S. The van der Waals surface area contributed by atoms with Gasteiger partial charge in [-0.25, -0.2) is 0 Å². The molecule has 0 aromatic carbocycles. The van der Waals surface area contributed by atoms with Crippen LogP contribution in [0, 0.1) is 0 Å². The first-order valence-electron chi connectivity index (χ1n) is 3.05. The normalized spacial score (nSPS) is 12.6. The molecule has 1 aliphatic heterocycles. The Morgan fingerprint density at radius 3 is 1.38 bits per heavy atom. The number of carboxylic acid groups (broad SMARTS) is 2. The third-order valence-electron chi connectivity index (χ3n) is 1.45. The maximum Gasteiger partial charge on any atom is 2.00 e. The van der Waals surface area contributed by atoms with Gasteiger partial charge in [-0.3, -0.25) is 0 Å². The van der Waals surface area contributed by atoms with Gasteiger partial charge in [-0.15, -0.1) is 0 Å². The Morgan fingerprint density at radius 1 is 1.00 bits per heavy atom. The number of halogens is 2. The van der Waals surface area contributed by atoms with E-state index in [1.807, 2.05) is 0 Å². The van der Waals surface area contributed by atoms with Crippen molar-refractivity contribution in [2.45, 2.75) is 0 Å². The number of thiocarbonyl (C=S) groups is 1. The molecule has 0 bridgehead atoms. The molecule has 6 nitrogen and oxygen atoms in total. The van der Waals surface area contributed by atoms with E-state index < -0.39 is 12.2 Å². The summed E-state index contributed by atoms with van der Waals surface area (Å²) in [5.41, 5.74) is 0. The summed E-state index contributed by atoms with van der Waals surface area (Å²) in [7, 11) is 0. The SMILES string of the molecule is O=C([O-])N1CCN(C(=O)[O-])C1=S.[Br-].[Br-].[Mg+2].[Mg+2]. The Hall–Kier alpha value is 1.12. The van der Waals surface area contributed by atoms with Crippen molar-refractivity contribution in [1.29, 1.82) is 0 Å². The third kappa shape index (κ3) is 6.16. The Kier molecular flexibility index (Phi) is 18.1. The van der Waals surface area contributed by atoms with E-state index in [4.69, 9.17) is 0 Å². The zero-order valence-electron chi connectivity index (χ0n) is 8.02. The quantitative estimate of drug-likeness (QED) is 0.300. The number of hydrogen-bond donors (Lipinski definition) is 0. The summed E-state index contributed by atoms with van der Waals surface area (Å²) in [6.45, 7) is 0.0181. The fraction of sp³-hybridized carbons (Fsp3) is 0.400. The van der Waals surface area contributed by atoms with Gasteiger partial charge in [0, 0.05) is 13.1 Å². The van der Waals surface area contributed by atoms with Gasteiger partial charge in [0.25, 0.3) is 0 Å². The predicted octanol–water partition coefficient (Wildman–Crippen LogP) is -9.18. The Morgan fingerprint density at radius 2 is 1.25 bits per heavy atom. The van der Waals surface area contributed by atoms with Crippen molar-refractivity contribution in [3.8, 4) is 0 Å². The van der Waals surface area contributed by atoms with E-state index in [0.717, 1.165) is 0 Å². The van der Waals surface area contributed by atoms with Gasteiger partial charge in [0.1, 0.15) is 12.2 Å². The first kappa shape index (κ1) is 25.8. The van der Waals surface area contributed by atoms with Crippen LogP contribution in [0.2, 0.25) is 0 Å². The minimum absolute atomic E-state index is 0. The van der Waals surface area contributed by atoms with Crippen molar-refractivity contribution in [3.63, 3.8) is 0 Å². The van der Waals surface area contributed by atoms with Gasteiger partial charge in [0.15, 0.2) is 5.11 Å². The van der Waals surface area contributed by atoms with E-state index in [1.54, 1.807) is 0 Å². The second-order valence-electron chi connectivity index (χ2n) is 2.12. The molecule has 1 heterocycles. The van der Waals surface area contributed by atoms with E-state index in [9.17, 15) is 19.8 Å². The van der Waals surface area contributed by atoms with Gasteiger partial charge in [0.2, 0.25) is 0 Å². The molecule has 1 rings (SSSR count). The van der Waals surface area contributed by atoms with Crippen molar-refractivity contribution in [2.75, 3.05) is 13.1 Å². The average molecular weight is 397 g/mol.